The zero-order valence-corrected chi connectivity index (χ0v) is 14.1. The van der Waals surface area contributed by atoms with Gasteiger partial charge in [-0.1, -0.05) is 56.5 Å². The Labute approximate surface area is 142 Å². The van der Waals surface area contributed by atoms with Crippen molar-refractivity contribution < 1.29 is 19.1 Å². The van der Waals surface area contributed by atoms with Gasteiger partial charge < -0.3 is 9.47 Å². The number of benzene rings is 1. The third-order valence-corrected chi connectivity index (χ3v) is 4.71. The van der Waals surface area contributed by atoms with Gasteiger partial charge in [0.25, 0.3) is 0 Å². The molecule has 0 radical (unpaired) electrons. The Balaban J connectivity index is 1.70. The van der Waals surface area contributed by atoms with E-state index in [9.17, 15) is 9.59 Å². The number of nitrogens with zero attached hydrogens (tertiary/aromatic N) is 1. The number of fused-ring (bicyclic) bond motifs is 1. The molecular weight excluding hydrogens is 306 g/mol. The van der Waals surface area contributed by atoms with E-state index in [0.717, 1.165) is 31.2 Å². The lowest BCUT2D eigenvalue weighted by Crippen LogP contribution is -2.41. The van der Waals surface area contributed by atoms with Gasteiger partial charge in [0.1, 0.15) is 6.10 Å². The van der Waals surface area contributed by atoms with E-state index >= 15 is 0 Å². The van der Waals surface area contributed by atoms with Crippen molar-refractivity contribution in [1.82, 2.24) is 4.90 Å². The van der Waals surface area contributed by atoms with Gasteiger partial charge in [0.15, 0.2) is 12.3 Å². The van der Waals surface area contributed by atoms with Crippen molar-refractivity contribution in [2.24, 2.45) is 0 Å². The monoisotopic (exact) mass is 331 g/mol. The molecule has 0 aliphatic carbocycles. The molecule has 5 nitrogen and oxygen atoms in total. The van der Waals surface area contributed by atoms with E-state index in [1.54, 1.807) is 4.90 Å². The number of carbonyl (C=O) groups is 2. The van der Waals surface area contributed by atoms with Crippen LogP contribution < -0.4 is 0 Å². The van der Waals surface area contributed by atoms with Crippen LogP contribution in [0.25, 0.3) is 0 Å². The highest BCUT2D eigenvalue weighted by Crippen LogP contribution is 2.34. The molecule has 24 heavy (non-hydrogen) atoms. The second-order valence-corrected chi connectivity index (χ2v) is 6.53. The molecule has 2 fully saturated rings. The van der Waals surface area contributed by atoms with Crippen LogP contribution in [0, 0.1) is 0 Å². The molecule has 130 valence electrons. The summed E-state index contributed by atoms with van der Waals surface area (Å²) in [5, 5.41) is 0. The van der Waals surface area contributed by atoms with Gasteiger partial charge in [0.05, 0.1) is 13.0 Å². The number of unbranched alkanes of at least 4 members (excludes halogenated alkanes) is 3. The van der Waals surface area contributed by atoms with Crippen LogP contribution in [0.4, 0.5) is 0 Å². The second-order valence-electron chi connectivity index (χ2n) is 6.53. The predicted molar refractivity (Wildman–Crippen MR) is 89.0 cm³/mol. The van der Waals surface area contributed by atoms with Gasteiger partial charge >= 0.3 is 5.97 Å². The van der Waals surface area contributed by atoms with Crippen molar-refractivity contribution in [3.05, 3.63) is 35.9 Å². The zero-order valence-electron chi connectivity index (χ0n) is 14.1. The molecule has 0 aromatic heterocycles. The molecule has 0 N–H and O–H groups in total. The number of hydrogen-bond acceptors (Lipinski definition) is 4. The van der Waals surface area contributed by atoms with E-state index in [1.165, 1.54) is 6.42 Å². The van der Waals surface area contributed by atoms with Crippen molar-refractivity contribution in [1.29, 1.82) is 0 Å². The van der Waals surface area contributed by atoms with Crippen molar-refractivity contribution in [3.63, 3.8) is 0 Å². The number of rotatable bonds is 6. The molecule has 0 saturated carbocycles. The Morgan fingerprint density at radius 1 is 1.12 bits per heavy atom. The second kappa shape index (κ2) is 7.79. The van der Waals surface area contributed by atoms with Gasteiger partial charge in [-0.3, -0.25) is 9.69 Å². The first-order chi connectivity index (χ1) is 11.7. The summed E-state index contributed by atoms with van der Waals surface area (Å²) < 4.78 is 11.3. The van der Waals surface area contributed by atoms with Crippen LogP contribution in [0.2, 0.25) is 0 Å². The Morgan fingerprint density at radius 2 is 1.92 bits per heavy atom. The quantitative estimate of drug-likeness (QED) is 0.593. The Kier molecular flexibility index (Phi) is 5.51. The summed E-state index contributed by atoms with van der Waals surface area (Å²) in [6, 6.07) is 8.94. The van der Waals surface area contributed by atoms with Crippen molar-refractivity contribution in [2.75, 3.05) is 6.61 Å². The molecule has 2 aliphatic heterocycles. The normalized spacial score (nSPS) is 26.9. The maximum atomic E-state index is 12.7. The highest BCUT2D eigenvalue weighted by atomic mass is 16.6. The van der Waals surface area contributed by atoms with E-state index in [1.807, 2.05) is 30.3 Å². The standard InChI is InChI=1S/C19H25NO4/c1-2-3-4-8-11-15-12-17(21)20-16(19(22)24-15)13-23-18(20)14-9-6-5-7-10-14/h5-7,9-10,15-16,18H,2-4,8,11-13H2,1H3/t15?,16-,18+/m0/s1. The molecule has 0 bridgehead atoms. The number of esters is 1. The molecule has 5 heteroatoms. The fourth-order valence-electron chi connectivity index (χ4n) is 3.41. The molecule has 1 unspecified atom stereocenters. The van der Waals surface area contributed by atoms with Gasteiger partial charge in [-0.25, -0.2) is 4.79 Å². The van der Waals surface area contributed by atoms with Gasteiger partial charge in [0.2, 0.25) is 5.91 Å². The molecule has 1 amide bonds. The van der Waals surface area contributed by atoms with Crippen molar-refractivity contribution >= 4 is 11.9 Å². The highest BCUT2D eigenvalue weighted by Gasteiger charge is 2.46. The lowest BCUT2D eigenvalue weighted by Gasteiger charge is -2.24. The maximum absolute atomic E-state index is 12.7. The third-order valence-electron chi connectivity index (χ3n) is 4.71. The topological polar surface area (TPSA) is 55.8 Å². The third kappa shape index (κ3) is 3.61. The van der Waals surface area contributed by atoms with Gasteiger partial charge in [0, 0.05) is 5.56 Å². The Hall–Kier alpha value is -1.88. The van der Waals surface area contributed by atoms with Gasteiger partial charge in [-0.2, -0.15) is 0 Å². The molecule has 3 rings (SSSR count). The minimum atomic E-state index is -0.622. The van der Waals surface area contributed by atoms with Crippen molar-refractivity contribution in [2.45, 2.75) is 63.8 Å². The SMILES string of the molecule is CCCCCCC1CC(=O)N2[C@@H](c3ccccc3)OC[C@H]2C(=O)O1. The number of ether oxygens (including phenoxy) is 2. The minimum absolute atomic E-state index is 0.0577. The zero-order chi connectivity index (χ0) is 16.9. The minimum Gasteiger partial charge on any atom is -0.460 e. The molecule has 0 spiro atoms. The van der Waals surface area contributed by atoms with Crippen LogP contribution >= 0.6 is 0 Å². The first kappa shape index (κ1) is 17.0. The van der Waals surface area contributed by atoms with Gasteiger partial charge in [-0.05, 0) is 12.8 Å². The highest BCUT2D eigenvalue weighted by molar-refractivity contribution is 5.87. The summed E-state index contributed by atoms with van der Waals surface area (Å²) in [5.41, 5.74) is 0.891. The number of hydrogen-bond donors (Lipinski definition) is 0. The summed E-state index contributed by atoms with van der Waals surface area (Å²) in [7, 11) is 0. The summed E-state index contributed by atoms with van der Waals surface area (Å²) in [6.45, 7) is 2.36. The Bertz CT molecular complexity index is 574. The summed E-state index contributed by atoms with van der Waals surface area (Å²) in [5.74, 6) is -0.391. The average Bonchev–Trinajstić information content (AvgIpc) is 3.00. The van der Waals surface area contributed by atoms with Crippen LogP contribution in [0.3, 0.4) is 0 Å². The van der Waals surface area contributed by atoms with Crippen LogP contribution in [-0.4, -0.2) is 35.5 Å². The average molecular weight is 331 g/mol. The fraction of sp³-hybridized carbons (Fsp3) is 0.579. The summed E-state index contributed by atoms with van der Waals surface area (Å²) >= 11 is 0. The Morgan fingerprint density at radius 3 is 2.67 bits per heavy atom. The van der Waals surface area contributed by atoms with Crippen LogP contribution in [0.1, 0.15) is 57.2 Å². The molecule has 2 aliphatic rings. The van der Waals surface area contributed by atoms with E-state index in [2.05, 4.69) is 6.92 Å². The van der Waals surface area contributed by atoms with Crippen LogP contribution in [0.5, 0.6) is 0 Å². The van der Waals surface area contributed by atoms with Crippen molar-refractivity contribution in [3.8, 4) is 0 Å². The molecule has 2 saturated heterocycles. The number of amides is 1. The van der Waals surface area contributed by atoms with Crippen LogP contribution in [0.15, 0.2) is 30.3 Å². The lowest BCUT2D eigenvalue weighted by molar-refractivity contribution is -0.152. The first-order valence-electron chi connectivity index (χ1n) is 8.89. The van der Waals surface area contributed by atoms with E-state index in [4.69, 9.17) is 9.47 Å². The molecule has 1 aromatic rings. The van der Waals surface area contributed by atoms with Crippen LogP contribution in [-0.2, 0) is 19.1 Å². The molecule has 3 atom stereocenters. The fourth-order valence-corrected chi connectivity index (χ4v) is 3.41. The summed E-state index contributed by atoms with van der Waals surface area (Å²) in [6.07, 6.45) is 4.65. The van der Waals surface area contributed by atoms with E-state index in [-0.39, 0.29) is 31.0 Å². The first-order valence-corrected chi connectivity index (χ1v) is 8.89. The lowest BCUT2D eigenvalue weighted by atomic mass is 10.1. The predicted octanol–water partition coefficient (Wildman–Crippen LogP) is 3.20. The molecule has 1 aromatic carbocycles. The number of cyclic esters (lactones) is 1. The molecule has 2 heterocycles. The maximum Gasteiger partial charge on any atom is 0.331 e. The summed E-state index contributed by atoms with van der Waals surface area (Å²) in [4.78, 5) is 26.7. The largest absolute Gasteiger partial charge is 0.460 e. The molecular formula is C19H25NO4. The van der Waals surface area contributed by atoms with E-state index in [0.29, 0.717) is 0 Å². The smallest absolute Gasteiger partial charge is 0.331 e. The van der Waals surface area contributed by atoms with Gasteiger partial charge in [-0.15, -0.1) is 0 Å². The van der Waals surface area contributed by atoms with E-state index < -0.39 is 12.3 Å². The number of carbonyl (C=O) groups excluding carboxylic acids is 2.